The van der Waals surface area contributed by atoms with Gasteiger partial charge in [-0.15, -0.1) is 5.10 Å². The van der Waals surface area contributed by atoms with Crippen molar-refractivity contribution >= 4 is 11.6 Å². The zero-order valence-electron chi connectivity index (χ0n) is 15.6. The van der Waals surface area contributed by atoms with E-state index < -0.39 is 11.6 Å². The van der Waals surface area contributed by atoms with E-state index >= 15 is 0 Å². The number of ether oxygens (including phenoxy) is 1. The number of hydrogen-bond donors (Lipinski definition) is 1. The van der Waals surface area contributed by atoms with Crippen molar-refractivity contribution in [3.63, 3.8) is 0 Å². The highest BCUT2D eigenvalue weighted by Gasteiger charge is 2.08. The molecule has 0 aliphatic heterocycles. The normalized spacial score (nSPS) is 10.9. The lowest BCUT2D eigenvalue weighted by atomic mass is 10.2. The Morgan fingerprint density at radius 3 is 2.79 bits per heavy atom. The molecule has 2 aromatic carbocycles. The zero-order valence-corrected chi connectivity index (χ0v) is 15.6. The van der Waals surface area contributed by atoms with Crippen LogP contribution in [0.1, 0.15) is 5.56 Å². The van der Waals surface area contributed by atoms with E-state index in [-0.39, 0.29) is 0 Å². The van der Waals surface area contributed by atoms with Crippen molar-refractivity contribution in [1.82, 2.24) is 24.5 Å². The molecule has 0 atom stereocenters. The molecule has 0 bridgehead atoms. The molecule has 0 saturated heterocycles. The second-order valence-electron chi connectivity index (χ2n) is 6.39. The molecule has 0 spiro atoms. The second-order valence-corrected chi connectivity index (χ2v) is 6.39. The smallest absolute Gasteiger partial charge is 0.246 e. The summed E-state index contributed by atoms with van der Waals surface area (Å²) in [6, 6.07) is 11.1. The van der Waals surface area contributed by atoms with Crippen molar-refractivity contribution in [3.05, 3.63) is 78.4 Å². The third kappa shape index (κ3) is 4.57. The van der Waals surface area contributed by atoms with Gasteiger partial charge in [-0.05, 0) is 42.8 Å². The van der Waals surface area contributed by atoms with Crippen molar-refractivity contribution in [1.29, 1.82) is 0 Å². The van der Waals surface area contributed by atoms with E-state index in [1.54, 1.807) is 10.9 Å². The summed E-state index contributed by atoms with van der Waals surface area (Å²) in [6.07, 6.45) is 5.02. The molecule has 0 fully saturated rings. The number of nitrogens with zero attached hydrogens (tertiary/aromatic N) is 5. The highest BCUT2D eigenvalue weighted by Crippen LogP contribution is 2.23. The van der Waals surface area contributed by atoms with Crippen molar-refractivity contribution in [2.24, 2.45) is 0 Å². The van der Waals surface area contributed by atoms with E-state index in [9.17, 15) is 8.78 Å². The van der Waals surface area contributed by atoms with Gasteiger partial charge in [0.15, 0.2) is 11.6 Å². The van der Waals surface area contributed by atoms with E-state index in [4.69, 9.17) is 4.74 Å². The van der Waals surface area contributed by atoms with Crippen LogP contribution in [0.3, 0.4) is 0 Å². The molecule has 0 radical (unpaired) electrons. The summed E-state index contributed by atoms with van der Waals surface area (Å²) < 4.78 is 35.5. The molecule has 0 aliphatic carbocycles. The van der Waals surface area contributed by atoms with Crippen molar-refractivity contribution < 1.29 is 13.5 Å². The Labute approximate surface area is 165 Å². The Morgan fingerprint density at radius 2 is 2.00 bits per heavy atom. The molecule has 1 N–H and O–H groups in total. The zero-order chi connectivity index (χ0) is 20.2. The molecule has 2 heterocycles. The van der Waals surface area contributed by atoms with Crippen LogP contribution in [0, 0.1) is 18.6 Å². The van der Waals surface area contributed by atoms with Crippen LogP contribution >= 0.6 is 0 Å². The van der Waals surface area contributed by atoms with Crippen molar-refractivity contribution in [2.45, 2.75) is 13.5 Å². The van der Waals surface area contributed by atoms with Gasteiger partial charge in [0.05, 0.1) is 12.2 Å². The Hall–Kier alpha value is -3.75. The lowest BCUT2D eigenvalue weighted by molar-refractivity contribution is 0.291. The molecule has 7 nitrogen and oxygen atoms in total. The van der Waals surface area contributed by atoms with E-state index in [0.717, 1.165) is 23.4 Å². The number of nitrogens with one attached hydrogen (secondary N) is 1. The maximum atomic E-state index is 13.4. The Kier molecular flexibility index (Phi) is 5.19. The standard InChI is InChI=1S/C20H18F2N6O/c1-14-9-15(11-17(10-14)29-8-7-27-6-2-5-24-27)25-20-23-13-28(26-20)16-3-4-18(21)19(22)12-16/h2-6,9-13H,7-8H2,1H3,(H,25,26). The molecule has 9 heteroatoms. The number of aromatic nitrogens is 5. The molecule has 0 aliphatic rings. The van der Waals surface area contributed by atoms with E-state index in [2.05, 4.69) is 20.5 Å². The van der Waals surface area contributed by atoms with Crippen molar-refractivity contribution in [2.75, 3.05) is 11.9 Å². The van der Waals surface area contributed by atoms with Crippen LogP contribution in [-0.2, 0) is 6.54 Å². The van der Waals surface area contributed by atoms with E-state index in [1.165, 1.54) is 17.1 Å². The lowest BCUT2D eigenvalue weighted by Crippen LogP contribution is -2.08. The van der Waals surface area contributed by atoms with Gasteiger partial charge in [-0.3, -0.25) is 4.68 Å². The lowest BCUT2D eigenvalue weighted by Gasteiger charge is -2.10. The monoisotopic (exact) mass is 396 g/mol. The molecule has 0 amide bonds. The predicted molar refractivity (Wildman–Crippen MR) is 103 cm³/mol. The molecule has 2 aromatic heterocycles. The van der Waals surface area contributed by atoms with Crippen LogP contribution in [0.4, 0.5) is 20.4 Å². The molecule has 29 heavy (non-hydrogen) atoms. The van der Waals surface area contributed by atoms with Gasteiger partial charge in [0.25, 0.3) is 0 Å². The van der Waals surface area contributed by atoms with Gasteiger partial charge >= 0.3 is 0 Å². The quantitative estimate of drug-likeness (QED) is 0.514. The van der Waals surface area contributed by atoms with Crippen LogP contribution in [-0.4, -0.2) is 31.2 Å². The highest BCUT2D eigenvalue weighted by atomic mass is 19.2. The first-order valence-corrected chi connectivity index (χ1v) is 8.93. The summed E-state index contributed by atoms with van der Waals surface area (Å²) >= 11 is 0. The minimum atomic E-state index is -0.942. The average molecular weight is 396 g/mol. The van der Waals surface area contributed by atoms with Crippen LogP contribution in [0.2, 0.25) is 0 Å². The molecule has 148 valence electrons. The number of halogens is 2. The Bertz CT molecular complexity index is 1110. The number of anilines is 2. The summed E-state index contributed by atoms with van der Waals surface area (Å²) in [4.78, 5) is 4.17. The topological polar surface area (TPSA) is 69.8 Å². The Morgan fingerprint density at radius 1 is 1.10 bits per heavy atom. The molecule has 4 aromatic rings. The van der Waals surface area contributed by atoms with Gasteiger partial charge in [-0.25, -0.2) is 13.5 Å². The number of aryl methyl sites for hydroxylation is 1. The number of benzene rings is 2. The number of rotatable bonds is 7. The predicted octanol–water partition coefficient (Wildman–Crippen LogP) is 3.87. The summed E-state index contributed by atoms with van der Waals surface area (Å²) in [6.45, 7) is 3.08. The average Bonchev–Trinajstić information content (AvgIpc) is 3.36. The molecule has 4 rings (SSSR count). The van der Waals surface area contributed by atoms with Crippen LogP contribution < -0.4 is 10.1 Å². The molecule has 0 unspecified atom stereocenters. The fourth-order valence-electron chi connectivity index (χ4n) is 2.79. The molecular formula is C20H18F2N6O. The minimum absolute atomic E-state index is 0.322. The second kappa shape index (κ2) is 8.09. The van der Waals surface area contributed by atoms with Gasteiger partial charge in [0, 0.05) is 30.2 Å². The van der Waals surface area contributed by atoms with Gasteiger partial charge in [-0.1, -0.05) is 0 Å². The van der Waals surface area contributed by atoms with Crippen LogP contribution in [0.5, 0.6) is 5.75 Å². The van der Waals surface area contributed by atoms with Gasteiger partial charge in [0.2, 0.25) is 5.95 Å². The van der Waals surface area contributed by atoms with E-state index in [0.29, 0.717) is 30.5 Å². The maximum Gasteiger partial charge on any atom is 0.246 e. The largest absolute Gasteiger partial charge is 0.492 e. The third-order valence-electron chi connectivity index (χ3n) is 4.11. The third-order valence-corrected chi connectivity index (χ3v) is 4.11. The summed E-state index contributed by atoms with van der Waals surface area (Å²) in [5, 5.41) is 11.5. The maximum absolute atomic E-state index is 13.4. The molecular weight excluding hydrogens is 378 g/mol. The first-order valence-electron chi connectivity index (χ1n) is 8.93. The first kappa shape index (κ1) is 18.6. The Balaban J connectivity index is 1.44. The van der Waals surface area contributed by atoms with Crippen LogP contribution in [0.25, 0.3) is 5.69 Å². The summed E-state index contributed by atoms with van der Waals surface area (Å²) in [5.41, 5.74) is 2.13. The highest BCUT2D eigenvalue weighted by molar-refractivity contribution is 5.57. The van der Waals surface area contributed by atoms with Gasteiger partial charge in [0.1, 0.15) is 18.7 Å². The van der Waals surface area contributed by atoms with E-state index in [1.807, 2.05) is 37.4 Å². The summed E-state index contributed by atoms with van der Waals surface area (Å²) in [5.74, 6) is -0.822. The first-order chi connectivity index (χ1) is 14.1. The molecule has 0 saturated carbocycles. The minimum Gasteiger partial charge on any atom is -0.492 e. The fraction of sp³-hybridized carbons (Fsp3) is 0.150. The van der Waals surface area contributed by atoms with Crippen LogP contribution in [0.15, 0.2) is 61.2 Å². The van der Waals surface area contributed by atoms with Crippen molar-refractivity contribution in [3.8, 4) is 11.4 Å². The fourth-order valence-corrected chi connectivity index (χ4v) is 2.79. The van der Waals surface area contributed by atoms with Gasteiger partial charge < -0.3 is 10.1 Å². The summed E-state index contributed by atoms with van der Waals surface area (Å²) in [7, 11) is 0. The van der Waals surface area contributed by atoms with Gasteiger partial charge in [-0.2, -0.15) is 10.1 Å². The number of hydrogen-bond acceptors (Lipinski definition) is 5. The SMILES string of the molecule is Cc1cc(Nc2ncn(-c3ccc(F)c(F)c3)n2)cc(OCCn2cccn2)c1.